The van der Waals surface area contributed by atoms with Gasteiger partial charge in [-0.25, -0.2) is 5.43 Å². The quantitative estimate of drug-likeness (QED) is 0.480. The Balaban J connectivity index is 2.01. The number of nitrogens with one attached hydrogen (secondary N) is 4. The number of nitrogens with zero attached hydrogens (tertiary/aromatic N) is 1. The molecule has 0 atom stereocenters. The second-order valence-electron chi connectivity index (χ2n) is 4.00. The van der Waals surface area contributed by atoms with Crippen molar-refractivity contribution in [2.75, 3.05) is 13.1 Å². The summed E-state index contributed by atoms with van der Waals surface area (Å²) in [6, 6.07) is 0. The average molecular weight is 214 g/mol. The molecular formula is C10H24N5. The van der Waals surface area contributed by atoms with Gasteiger partial charge in [0.05, 0.1) is 0 Å². The van der Waals surface area contributed by atoms with Gasteiger partial charge in [0.2, 0.25) is 0 Å². The van der Waals surface area contributed by atoms with Gasteiger partial charge in [-0.1, -0.05) is 38.5 Å². The van der Waals surface area contributed by atoms with Crippen LogP contribution in [-0.2, 0) is 0 Å². The molecule has 0 aliphatic carbocycles. The first-order valence-electron chi connectivity index (χ1n) is 6.14. The third kappa shape index (κ3) is 8.77. The van der Waals surface area contributed by atoms with E-state index in [0.717, 1.165) is 13.1 Å². The molecule has 89 valence electrons. The molecule has 15 heavy (non-hydrogen) atoms. The Kier molecular flexibility index (Phi) is 8.85. The zero-order valence-electron chi connectivity index (χ0n) is 9.52. The lowest BCUT2D eigenvalue weighted by atomic mass is 10.1. The van der Waals surface area contributed by atoms with E-state index in [-0.39, 0.29) is 0 Å². The van der Waals surface area contributed by atoms with Crippen molar-refractivity contribution in [3.63, 3.8) is 0 Å². The van der Waals surface area contributed by atoms with Gasteiger partial charge in [0.25, 0.3) is 0 Å². The van der Waals surface area contributed by atoms with Crippen LogP contribution in [0.2, 0.25) is 0 Å². The van der Waals surface area contributed by atoms with Crippen LogP contribution in [0.3, 0.4) is 0 Å². The third-order valence-electron chi connectivity index (χ3n) is 2.61. The number of hydrazine groups is 3. The molecule has 5 heteroatoms. The van der Waals surface area contributed by atoms with Crippen LogP contribution >= 0.6 is 0 Å². The molecule has 0 bridgehead atoms. The van der Waals surface area contributed by atoms with Gasteiger partial charge < -0.3 is 0 Å². The highest BCUT2D eigenvalue weighted by Gasteiger charge is 1.94. The summed E-state index contributed by atoms with van der Waals surface area (Å²) in [6.45, 7) is 1.88. The van der Waals surface area contributed by atoms with Gasteiger partial charge in [-0.2, -0.15) is 16.6 Å². The fraction of sp³-hybridized carbons (Fsp3) is 1.00. The molecule has 0 amide bonds. The first-order valence-corrected chi connectivity index (χ1v) is 6.14. The van der Waals surface area contributed by atoms with E-state index in [4.69, 9.17) is 0 Å². The van der Waals surface area contributed by atoms with Crippen LogP contribution in [-0.4, -0.2) is 13.1 Å². The molecule has 1 aliphatic heterocycles. The number of rotatable bonds is 0. The molecule has 4 N–H and O–H groups in total. The Hall–Kier alpha value is -0.200. The molecule has 1 fully saturated rings. The van der Waals surface area contributed by atoms with E-state index in [2.05, 4.69) is 27.5 Å². The number of hydrogen-bond donors (Lipinski definition) is 4. The largest absolute Gasteiger partial charge is 0.243 e. The Morgan fingerprint density at radius 1 is 0.667 bits per heavy atom. The molecule has 0 aromatic heterocycles. The second kappa shape index (κ2) is 10.3. The maximum Gasteiger partial charge on any atom is 0.0318 e. The summed E-state index contributed by atoms with van der Waals surface area (Å²) in [7, 11) is 0. The van der Waals surface area contributed by atoms with E-state index in [1.807, 2.05) is 0 Å². The highest BCUT2D eigenvalue weighted by molar-refractivity contribution is 4.49. The predicted molar refractivity (Wildman–Crippen MR) is 61.3 cm³/mol. The van der Waals surface area contributed by atoms with Gasteiger partial charge in [0.1, 0.15) is 0 Å². The second-order valence-corrected chi connectivity index (χ2v) is 4.00. The van der Waals surface area contributed by atoms with Gasteiger partial charge >= 0.3 is 0 Å². The van der Waals surface area contributed by atoms with Crippen molar-refractivity contribution >= 4 is 0 Å². The van der Waals surface area contributed by atoms with E-state index < -0.39 is 0 Å². The zero-order chi connectivity index (χ0) is 10.6. The summed E-state index contributed by atoms with van der Waals surface area (Å²) in [4.78, 5) is 0. The zero-order valence-corrected chi connectivity index (χ0v) is 9.52. The standard InChI is InChI=1S/C10H24N5/c1-2-4-6-8-10-12-14-15-13-11-9-7-5-3-1/h11,13-15H,1-10H2. The van der Waals surface area contributed by atoms with E-state index in [9.17, 15) is 0 Å². The Bertz CT molecular complexity index is 72.4. The topological polar surface area (TPSA) is 62.2 Å². The van der Waals surface area contributed by atoms with E-state index in [1.54, 1.807) is 0 Å². The summed E-state index contributed by atoms with van der Waals surface area (Å²) in [5, 5.41) is 0. The molecule has 1 aliphatic rings. The Morgan fingerprint density at radius 3 is 2.13 bits per heavy atom. The predicted octanol–water partition coefficient (Wildman–Crippen LogP) is 0.744. The normalized spacial score (nSPS) is 24.0. The lowest BCUT2D eigenvalue weighted by molar-refractivity contribution is 0.317. The van der Waals surface area contributed by atoms with Crippen LogP contribution in [0.5, 0.6) is 0 Å². The molecule has 1 radical (unpaired) electrons. The fourth-order valence-corrected chi connectivity index (χ4v) is 1.69. The van der Waals surface area contributed by atoms with Gasteiger partial charge in [0, 0.05) is 13.1 Å². The summed E-state index contributed by atoms with van der Waals surface area (Å²) in [5.74, 6) is 0. The highest BCUT2D eigenvalue weighted by atomic mass is 15.8. The van der Waals surface area contributed by atoms with Gasteiger partial charge in [-0.15, -0.1) is 5.43 Å². The van der Waals surface area contributed by atoms with E-state index in [1.165, 1.54) is 51.4 Å². The molecule has 1 heterocycles. The first-order chi connectivity index (χ1) is 7.50. The lowest BCUT2D eigenvalue weighted by Gasteiger charge is -2.08. The maximum absolute atomic E-state index is 4.12. The van der Waals surface area contributed by atoms with Gasteiger partial charge in [0.15, 0.2) is 0 Å². The highest BCUT2D eigenvalue weighted by Crippen LogP contribution is 2.07. The van der Waals surface area contributed by atoms with Crippen LogP contribution in [0, 0.1) is 0 Å². The van der Waals surface area contributed by atoms with Gasteiger partial charge in [-0.05, 0) is 12.8 Å². The van der Waals surface area contributed by atoms with E-state index >= 15 is 0 Å². The SMILES string of the molecule is C1CCCCCNNNN[N]CCCC1. The smallest absolute Gasteiger partial charge is 0.0318 e. The molecule has 1 rings (SSSR count). The third-order valence-corrected chi connectivity index (χ3v) is 2.61. The molecule has 5 nitrogen and oxygen atoms in total. The first kappa shape index (κ1) is 12.9. The summed E-state index contributed by atoms with van der Waals surface area (Å²) < 4.78 is 0. The van der Waals surface area contributed by atoms with Crippen molar-refractivity contribution in [1.29, 1.82) is 0 Å². The summed E-state index contributed by atoms with van der Waals surface area (Å²) >= 11 is 0. The van der Waals surface area contributed by atoms with Crippen molar-refractivity contribution < 1.29 is 0 Å². The van der Waals surface area contributed by atoms with Crippen molar-refractivity contribution in [2.45, 2.75) is 51.4 Å². The molecular weight excluding hydrogens is 190 g/mol. The minimum Gasteiger partial charge on any atom is -0.243 e. The summed E-state index contributed by atoms with van der Waals surface area (Å²) in [6.07, 6.45) is 10.5. The van der Waals surface area contributed by atoms with Crippen molar-refractivity contribution in [3.05, 3.63) is 0 Å². The van der Waals surface area contributed by atoms with Crippen molar-refractivity contribution in [3.8, 4) is 0 Å². The van der Waals surface area contributed by atoms with Crippen molar-refractivity contribution in [1.82, 2.24) is 27.5 Å². The Morgan fingerprint density at radius 2 is 1.33 bits per heavy atom. The monoisotopic (exact) mass is 214 g/mol. The van der Waals surface area contributed by atoms with Crippen molar-refractivity contribution in [2.24, 2.45) is 0 Å². The molecule has 1 saturated heterocycles. The number of hydrogen-bond acceptors (Lipinski definition) is 4. The minimum atomic E-state index is 0.884. The maximum atomic E-state index is 4.12. The van der Waals surface area contributed by atoms with E-state index in [0.29, 0.717) is 0 Å². The fourth-order valence-electron chi connectivity index (χ4n) is 1.69. The summed E-state index contributed by atoms with van der Waals surface area (Å²) in [5.41, 5.74) is 15.6. The molecule has 0 spiro atoms. The molecule has 0 aromatic rings. The molecule has 0 unspecified atom stereocenters. The lowest BCUT2D eigenvalue weighted by Crippen LogP contribution is -2.53. The van der Waals surface area contributed by atoms with Crippen LogP contribution in [0.15, 0.2) is 0 Å². The van der Waals surface area contributed by atoms with Gasteiger partial charge in [-0.3, -0.25) is 0 Å². The minimum absolute atomic E-state index is 0.884. The molecule has 0 saturated carbocycles. The van der Waals surface area contributed by atoms with Crippen LogP contribution < -0.4 is 27.5 Å². The Labute approximate surface area is 92.6 Å². The van der Waals surface area contributed by atoms with Crippen LogP contribution in [0.25, 0.3) is 0 Å². The van der Waals surface area contributed by atoms with Crippen LogP contribution in [0.1, 0.15) is 51.4 Å². The van der Waals surface area contributed by atoms with Crippen LogP contribution in [0.4, 0.5) is 0 Å². The molecule has 0 aromatic carbocycles. The average Bonchev–Trinajstić information content (AvgIpc) is 2.27.